The molecule has 1 heterocycles. The second kappa shape index (κ2) is 7.41. The van der Waals surface area contributed by atoms with Gasteiger partial charge in [-0.1, -0.05) is 6.92 Å². The molecule has 1 atom stereocenters. The number of thiophene rings is 1. The number of aryl methyl sites for hydroxylation is 1. The molecule has 1 aromatic heterocycles. The van der Waals surface area contributed by atoms with E-state index in [2.05, 4.69) is 6.92 Å². The second-order valence-corrected chi connectivity index (χ2v) is 6.84. The molecule has 1 aliphatic carbocycles. The van der Waals surface area contributed by atoms with Crippen LogP contribution in [0.15, 0.2) is 6.07 Å². The van der Waals surface area contributed by atoms with Gasteiger partial charge in [-0.15, -0.1) is 11.3 Å². The Hall–Kier alpha value is -1.87. The number of nitriles is 1. The van der Waals surface area contributed by atoms with Gasteiger partial charge in [0.15, 0.2) is 6.61 Å². The monoisotopic (exact) mass is 320 g/mol. The minimum absolute atomic E-state index is 0.270. The lowest BCUT2D eigenvalue weighted by atomic mass is 9.90. The largest absolute Gasteiger partial charge is 0.451 e. The molecule has 118 valence electrons. The molecule has 2 rings (SSSR count). The fraction of sp³-hybridized carbons (Fsp3) is 0.562. The lowest BCUT2D eigenvalue weighted by molar-refractivity contribution is -0.133. The van der Waals surface area contributed by atoms with E-state index in [4.69, 9.17) is 10.00 Å². The maximum absolute atomic E-state index is 12.1. The van der Waals surface area contributed by atoms with E-state index in [1.165, 1.54) is 26.7 Å². The van der Waals surface area contributed by atoms with Crippen molar-refractivity contribution in [3.8, 4) is 6.07 Å². The number of esters is 1. The fourth-order valence-corrected chi connectivity index (χ4v) is 3.56. The van der Waals surface area contributed by atoms with Gasteiger partial charge >= 0.3 is 5.97 Å². The van der Waals surface area contributed by atoms with Crippen molar-refractivity contribution in [1.82, 2.24) is 4.90 Å². The van der Waals surface area contributed by atoms with E-state index in [1.54, 1.807) is 7.05 Å². The Balaban J connectivity index is 1.88. The molecule has 0 aliphatic heterocycles. The molecule has 1 amide bonds. The van der Waals surface area contributed by atoms with Crippen LogP contribution in [0.4, 0.5) is 0 Å². The van der Waals surface area contributed by atoms with Gasteiger partial charge in [-0.05, 0) is 36.8 Å². The zero-order valence-electron chi connectivity index (χ0n) is 12.9. The molecule has 1 aromatic rings. The number of ether oxygens (including phenoxy) is 1. The molecule has 0 aromatic carbocycles. The maximum Gasteiger partial charge on any atom is 0.348 e. The summed E-state index contributed by atoms with van der Waals surface area (Å²) in [5.41, 5.74) is 1.24. The molecule has 5 nitrogen and oxygen atoms in total. The van der Waals surface area contributed by atoms with Crippen molar-refractivity contribution in [2.75, 3.05) is 20.2 Å². The summed E-state index contributed by atoms with van der Waals surface area (Å²) in [6, 6.07) is 3.88. The van der Waals surface area contributed by atoms with Crippen LogP contribution in [0.3, 0.4) is 0 Å². The summed E-state index contributed by atoms with van der Waals surface area (Å²) in [6.07, 6.45) is 3.45. The van der Waals surface area contributed by atoms with Crippen LogP contribution in [0.25, 0.3) is 0 Å². The van der Waals surface area contributed by atoms with Crippen molar-refractivity contribution in [3.63, 3.8) is 0 Å². The smallest absolute Gasteiger partial charge is 0.348 e. The Morgan fingerprint density at radius 2 is 2.32 bits per heavy atom. The standard InChI is InChI=1S/C16H20N2O3S/c1-11-4-5-13-12(8-11)9-14(22-13)16(20)21-10-15(19)18(2)7-3-6-17/h9,11H,3-5,7-8,10H2,1-2H3/t11-/m0/s1. The van der Waals surface area contributed by atoms with Crippen LogP contribution in [-0.2, 0) is 22.4 Å². The summed E-state index contributed by atoms with van der Waals surface area (Å²) >= 11 is 1.48. The third kappa shape index (κ3) is 4.08. The van der Waals surface area contributed by atoms with E-state index in [9.17, 15) is 9.59 Å². The second-order valence-electron chi connectivity index (χ2n) is 5.71. The van der Waals surface area contributed by atoms with Crippen molar-refractivity contribution in [2.24, 2.45) is 5.92 Å². The van der Waals surface area contributed by atoms with E-state index >= 15 is 0 Å². The van der Waals surface area contributed by atoms with Gasteiger partial charge in [0.2, 0.25) is 0 Å². The molecule has 0 unspecified atom stereocenters. The highest BCUT2D eigenvalue weighted by Gasteiger charge is 2.22. The van der Waals surface area contributed by atoms with Gasteiger partial charge in [-0.2, -0.15) is 5.26 Å². The predicted octanol–water partition coefficient (Wildman–Crippen LogP) is 2.40. The van der Waals surface area contributed by atoms with Crippen LogP contribution in [0.2, 0.25) is 0 Å². The van der Waals surface area contributed by atoms with Gasteiger partial charge in [0, 0.05) is 18.5 Å². The van der Waals surface area contributed by atoms with Gasteiger partial charge in [0.25, 0.3) is 5.91 Å². The van der Waals surface area contributed by atoms with Crippen molar-refractivity contribution in [3.05, 3.63) is 21.4 Å². The topological polar surface area (TPSA) is 70.4 Å². The van der Waals surface area contributed by atoms with Crippen LogP contribution >= 0.6 is 11.3 Å². The third-order valence-corrected chi connectivity index (χ3v) is 5.06. The van der Waals surface area contributed by atoms with Crippen LogP contribution < -0.4 is 0 Å². The summed E-state index contributed by atoms with van der Waals surface area (Å²) in [5.74, 6) is -0.0750. The summed E-state index contributed by atoms with van der Waals surface area (Å²) < 4.78 is 5.09. The van der Waals surface area contributed by atoms with E-state index in [0.29, 0.717) is 17.3 Å². The Bertz CT molecular complexity index is 603. The van der Waals surface area contributed by atoms with Crippen molar-refractivity contribution >= 4 is 23.2 Å². The lowest BCUT2D eigenvalue weighted by Gasteiger charge is -2.16. The molecule has 22 heavy (non-hydrogen) atoms. The van der Waals surface area contributed by atoms with Gasteiger partial charge < -0.3 is 9.64 Å². The first-order chi connectivity index (χ1) is 10.5. The molecule has 1 aliphatic rings. The van der Waals surface area contributed by atoms with E-state index < -0.39 is 5.97 Å². The molecule has 0 fully saturated rings. The quantitative estimate of drug-likeness (QED) is 0.781. The first-order valence-electron chi connectivity index (χ1n) is 7.41. The number of carbonyl (C=O) groups excluding carboxylic acids is 2. The highest BCUT2D eigenvalue weighted by atomic mass is 32.1. The number of nitrogens with zero attached hydrogens (tertiary/aromatic N) is 2. The molecule has 6 heteroatoms. The lowest BCUT2D eigenvalue weighted by Crippen LogP contribution is -2.31. The Morgan fingerprint density at radius 3 is 3.05 bits per heavy atom. The van der Waals surface area contributed by atoms with Crippen LogP contribution in [0.1, 0.15) is 39.9 Å². The van der Waals surface area contributed by atoms with E-state index in [1.807, 2.05) is 12.1 Å². The molecular formula is C16H20N2O3S. The van der Waals surface area contributed by atoms with Crippen LogP contribution in [0, 0.1) is 17.2 Å². The average Bonchev–Trinajstić information content (AvgIpc) is 2.92. The number of rotatable bonds is 5. The maximum atomic E-state index is 12.1. The molecule has 0 saturated carbocycles. The molecule has 0 N–H and O–H groups in total. The SMILES string of the molecule is C[C@H]1CCc2sc(C(=O)OCC(=O)N(C)CCC#N)cc2C1. The van der Waals surface area contributed by atoms with Gasteiger partial charge in [-0.3, -0.25) is 4.79 Å². The zero-order valence-corrected chi connectivity index (χ0v) is 13.7. The van der Waals surface area contributed by atoms with Crippen LogP contribution in [-0.4, -0.2) is 37.0 Å². The average molecular weight is 320 g/mol. The van der Waals surface area contributed by atoms with Crippen molar-refractivity contribution in [2.45, 2.75) is 32.6 Å². The number of fused-ring (bicyclic) bond motifs is 1. The highest BCUT2D eigenvalue weighted by molar-refractivity contribution is 7.14. The van der Waals surface area contributed by atoms with E-state index in [-0.39, 0.29) is 18.9 Å². The normalized spacial score (nSPS) is 16.5. The van der Waals surface area contributed by atoms with Crippen molar-refractivity contribution < 1.29 is 14.3 Å². The number of likely N-dealkylation sites (N-methyl/N-ethyl adjacent to an activating group) is 1. The highest BCUT2D eigenvalue weighted by Crippen LogP contribution is 2.32. The van der Waals surface area contributed by atoms with E-state index in [0.717, 1.165) is 19.3 Å². The molecule has 0 saturated heterocycles. The fourth-order valence-electron chi connectivity index (χ4n) is 2.46. The Labute approximate surface area is 134 Å². The molecular weight excluding hydrogens is 300 g/mol. The zero-order chi connectivity index (χ0) is 16.1. The number of amides is 1. The number of hydrogen-bond donors (Lipinski definition) is 0. The minimum atomic E-state index is -0.436. The van der Waals surface area contributed by atoms with Gasteiger partial charge in [-0.25, -0.2) is 4.79 Å². The van der Waals surface area contributed by atoms with Crippen molar-refractivity contribution in [1.29, 1.82) is 5.26 Å². The summed E-state index contributed by atoms with van der Waals surface area (Å²) in [7, 11) is 1.60. The van der Waals surface area contributed by atoms with Gasteiger partial charge in [0.05, 0.1) is 12.5 Å². The first-order valence-corrected chi connectivity index (χ1v) is 8.22. The predicted molar refractivity (Wildman–Crippen MR) is 83.7 cm³/mol. The summed E-state index contributed by atoms with van der Waals surface area (Å²) in [6.45, 7) is 2.28. The summed E-state index contributed by atoms with van der Waals surface area (Å²) in [4.78, 5) is 27.1. The molecule has 0 bridgehead atoms. The van der Waals surface area contributed by atoms with Gasteiger partial charge in [0.1, 0.15) is 4.88 Å². The third-order valence-electron chi connectivity index (χ3n) is 3.84. The first kappa shape index (κ1) is 16.5. The Kier molecular flexibility index (Phi) is 5.56. The number of hydrogen-bond acceptors (Lipinski definition) is 5. The van der Waals surface area contributed by atoms with Crippen LogP contribution in [0.5, 0.6) is 0 Å². The molecule has 0 spiro atoms. The number of carbonyl (C=O) groups is 2. The molecule has 0 radical (unpaired) electrons. The summed E-state index contributed by atoms with van der Waals surface area (Å²) in [5, 5.41) is 8.49. The minimum Gasteiger partial charge on any atom is -0.451 e. The Morgan fingerprint density at radius 1 is 1.55 bits per heavy atom.